The maximum absolute atomic E-state index is 9.25. The van der Waals surface area contributed by atoms with Gasteiger partial charge in [-0.1, -0.05) is 31.2 Å². The van der Waals surface area contributed by atoms with Gasteiger partial charge in [0.1, 0.15) is 0 Å². The molecule has 1 unspecified atom stereocenters. The second-order valence-corrected chi connectivity index (χ2v) is 4.24. The first-order valence-electron chi connectivity index (χ1n) is 5.70. The standard InChI is InChI=1S/C12H20BNO2/c1-4-10(2)14(3)9-11-7-5-6-8-12(11)13(15)16/h5-8,10,15-16H,4,9H2,1-3H3. The molecule has 1 aromatic carbocycles. The minimum Gasteiger partial charge on any atom is -0.423 e. The lowest BCUT2D eigenvalue weighted by molar-refractivity contribution is 0.244. The van der Waals surface area contributed by atoms with Gasteiger partial charge in [-0.2, -0.15) is 0 Å². The van der Waals surface area contributed by atoms with Crippen molar-refractivity contribution in [3.8, 4) is 0 Å². The lowest BCUT2D eigenvalue weighted by Gasteiger charge is -2.24. The van der Waals surface area contributed by atoms with Crippen molar-refractivity contribution in [2.75, 3.05) is 7.05 Å². The molecule has 0 bridgehead atoms. The van der Waals surface area contributed by atoms with Crippen molar-refractivity contribution in [1.29, 1.82) is 0 Å². The molecule has 0 fully saturated rings. The van der Waals surface area contributed by atoms with E-state index >= 15 is 0 Å². The maximum Gasteiger partial charge on any atom is 0.488 e. The quantitative estimate of drug-likeness (QED) is 0.715. The van der Waals surface area contributed by atoms with E-state index in [1.54, 1.807) is 6.07 Å². The molecule has 0 aliphatic heterocycles. The zero-order valence-electron chi connectivity index (χ0n) is 10.2. The molecule has 0 aliphatic carbocycles. The Balaban J connectivity index is 2.80. The SMILES string of the molecule is CCC(C)N(C)Cc1ccccc1B(O)O. The molecule has 0 spiro atoms. The number of hydrogen-bond acceptors (Lipinski definition) is 3. The number of hydrogen-bond donors (Lipinski definition) is 2. The smallest absolute Gasteiger partial charge is 0.423 e. The van der Waals surface area contributed by atoms with Crippen molar-refractivity contribution in [3.05, 3.63) is 29.8 Å². The molecular weight excluding hydrogens is 201 g/mol. The van der Waals surface area contributed by atoms with Crippen LogP contribution in [0, 0.1) is 0 Å². The molecule has 1 atom stereocenters. The molecule has 4 heteroatoms. The van der Waals surface area contributed by atoms with Crippen LogP contribution in [-0.4, -0.2) is 35.2 Å². The van der Waals surface area contributed by atoms with Gasteiger partial charge in [-0.05, 0) is 31.4 Å². The Morgan fingerprint density at radius 3 is 2.50 bits per heavy atom. The Kier molecular flexibility index (Phi) is 4.99. The molecule has 0 aromatic heterocycles. The summed E-state index contributed by atoms with van der Waals surface area (Å²) in [5.74, 6) is 0. The molecule has 0 aliphatic rings. The Bertz CT molecular complexity index is 331. The molecule has 3 nitrogen and oxygen atoms in total. The van der Waals surface area contributed by atoms with Crippen LogP contribution in [0.1, 0.15) is 25.8 Å². The average molecular weight is 221 g/mol. The fourth-order valence-corrected chi connectivity index (χ4v) is 1.67. The van der Waals surface area contributed by atoms with Crippen LogP contribution in [0.2, 0.25) is 0 Å². The van der Waals surface area contributed by atoms with E-state index < -0.39 is 7.12 Å². The van der Waals surface area contributed by atoms with Crippen molar-refractivity contribution < 1.29 is 10.0 Å². The molecule has 0 radical (unpaired) electrons. The summed E-state index contributed by atoms with van der Waals surface area (Å²) in [4.78, 5) is 2.21. The van der Waals surface area contributed by atoms with Gasteiger partial charge in [0.2, 0.25) is 0 Å². The largest absolute Gasteiger partial charge is 0.488 e. The third-order valence-corrected chi connectivity index (χ3v) is 3.10. The predicted molar refractivity (Wildman–Crippen MR) is 67.5 cm³/mol. The van der Waals surface area contributed by atoms with E-state index in [0.717, 1.165) is 18.5 Å². The summed E-state index contributed by atoms with van der Waals surface area (Å²) >= 11 is 0. The molecule has 1 aromatic rings. The fourth-order valence-electron chi connectivity index (χ4n) is 1.67. The molecular formula is C12H20BNO2. The van der Waals surface area contributed by atoms with Gasteiger partial charge in [0.25, 0.3) is 0 Å². The average Bonchev–Trinajstić information content (AvgIpc) is 2.28. The first-order valence-corrected chi connectivity index (χ1v) is 5.70. The van der Waals surface area contributed by atoms with Crippen molar-refractivity contribution in [2.24, 2.45) is 0 Å². The third kappa shape index (κ3) is 3.34. The molecule has 0 heterocycles. The van der Waals surface area contributed by atoms with Gasteiger partial charge >= 0.3 is 7.12 Å². The molecule has 0 saturated heterocycles. The fraction of sp³-hybridized carbons (Fsp3) is 0.500. The molecule has 16 heavy (non-hydrogen) atoms. The van der Waals surface area contributed by atoms with E-state index in [4.69, 9.17) is 0 Å². The van der Waals surface area contributed by atoms with Crippen LogP contribution >= 0.6 is 0 Å². The maximum atomic E-state index is 9.25. The normalized spacial score (nSPS) is 12.9. The minimum absolute atomic E-state index is 0.490. The van der Waals surface area contributed by atoms with Crippen molar-refractivity contribution in [2.45, 2.75) is 32.9 Å². The highest BCUT2D eigenvalue weighted by molar-refractivity contribution is 6.59. The molecule has 2 N–H and O–H groups in total. The molecule has 0 saturated carbocycles. The van der Waals surface area contributed by atoms with Crippen LogP contribution < -0.4 is 5.46 Å². The van der Waals surface area contributed by atoms with Gasteiger partial charge in [-0.25, -0.2) is 0 Å². The van der Waals surface area contributed by atoms with E-state index in [-0.39, 0.29) is 0 Å². The van der Waals surface area contributed by atoms with Gasteiger partial charge in [-0.3, -0.25) is 4.90 Å². The highest BCUT2D eigenvalue weighted by Crippen LogP contribution is 2.07. The first kappa shape index (κ1) is 13.2. The summed E-state index contributed by atoms with van der Waals surface area (Å²) in [5, 5.41) is 18.5. The first-order chi connectivity index (χ1) is 7.56. The van der Waals surface area contributed by atoms with Gasteiger partial charge in [0.15, 0.2) is 0 Å². The monoisotopic (exact) mass is 221 g/mol. The summed E-state index contributed by atoms with van der Waals surface area (Å²) in [6, 6.07) is 7.93. The van der Waals surface area contributed by atoms with E-state index in [1.807, 2.05) is 18.2 Å². The van der Waals surface area contributed by atoms with Crippen LogP contribution in [-0.2, 0) is 6.54 Å². The predicted octanol–water partition coefficient (Wildman–Crippen LogP) is 0.597. The zero-order valence-corrected chi connectivity index (χ0v) is 10.2. The molecule has 1 rings (SSSR count). The number of rotatable bonds is 5. The van der Waals surface area contributed by atoms with Crippen LogP contribution in [0.5, 0.6) is 0 Å². The lowest BCUT2D eigenvalue weighted by Crippen LogP contribution is -2.36. The number of benzene rings is 1. The highest BCUT2D eigenvalue weighted by Gasteiger charge is 2.17. The molecule has 88 valence electrons. The Morgan fingerprint density at radius 2 is 1.94 bits per heavy atom. The third-order valence-electron chi connectivity index (χ3n) is 3.10. The second-order valence-electron chi connectivity index (χ2n) is 4.24. The van der Waals surface area contributed by atoms with Crippen LogP contribution in [0.25, 0.3) is 0 Å². The van der Waals surface area contributed by atoms with E-state index in [0.29, 0.717) is 11.5 Å². The van der Waals surface area contributed by atoms with Gasteiger partial charge < -0.3 is 10.0 Å². The van der Waals surface area contributed by atoms with Crippen LogP contribution in [0.4, 0.5) is 0 Å². The summed E-state index contributed by atoms with van der Waals surface area (Å²) in [6.07, 6.45) is 1.08. The van der Waals surface area contributed by atoms with E-state index in [2.05, 4.69) is 25.8 Å². The minimum atomic E-state index is -1.39. The van der Waals surface area contributed by atoms with Crippen molar-refractivity contribution >= 4 is 12.6 Å². The van der Waals surface area contributed by atoms with E-state index in [9.17, 15) is 10.0 Å². The summed E-state index contributed by atoms with van der Waals surface area (Å²) in [6.45, 7) is 5.05. The summed E-state index contributed by atoms with van der Waals surface area (Å²) in [5.41, 5.74) is 1.57. The lowest BCUT2D eigenvalue weighted by atomic mass is 9.77. The highest BCUT2D eigenvalue weighted by atomic mass is 16.4. The summed E-state index contributed by atoms with van der Waals surface area (Å²) < 4.78 is 0. The van der Waals surface area contributed by atoms with Crippen LogP contribution in [0.3, 0.4) is 0 Å². The van der Waals surface area contributed by atoms with Crippen molar-refractivity contribution in [3.63, 3.8) is 0 Å². The molecule has 0 amide bonds. The van der Waals surface area contributed by atoms with Crippen molar-refractivity contribution in [1.82, 2.24) is 4.90 Å². The Morgan fingerprint density at radius 1 is 1.31 bits per heavy atom. The van der Waals surface area contributed by atoms with Crippen LogP contribution in [0.15, 0.2) is 24.3 Å². The Hall–Kier alpha value is -0.835. The number of nitrogens with zero attached hydrogens (tertiary/aromatic N) is 1. The Labute approximate surface area is 97.9 Å². The topological polar surface area (TPSA) is 43.7 Å². The van der Waals surface area contributed by atoms with Gasteiger partial charge in [-0.15, -0.1) is 0 Å². The summed E-state index contributed by atoms with van der Waals surface area (Å²) in [7, 11) is 0.663. The van der Waals surface area contributed by atoms with Gasteiger partial charge in [0.05, 0.1) is 0 Å². The second kappa shape index (κ2) is 6.04. The van der Waals surface area contributed by atoms with E-state index in [1.165, 1.54) is 0 Å². The zero-order chi connectivity index (χ0) is 12.1. The van der Waals surface area contributed by atoms with Gasteiger partial charge in [0, 0.05) is 12.6 Å².